The van der Waals surface area contributed by atoms with E-state index in [0.29, 0.717) is 159 Å². The number of carbonyl (C=O) groups is 7. The average molecular weight is 1410 g/mol. The first-order valence-electron chi connectivity index (χ1n) is 36.1. The van der Waals surface area contributed by atoms with Crippen LogP contribution in [0.3, 0.4) is 0 Å². The van der Waals surface area contributed by atoms with Gasteiger partial charge in [0, 0.05) is 135 Å². The Balaban J connectivity index is 0.955. The second-order valence-electron chi connectivity index (χ2n) is 27.6. The molecule has 27 nitrogen and oxygen atoms in total. The van der Waals surface area contributed by atoms with Gasteiger partial charge in [-0.15, -0.1) is 0 Å². The summed E-state index contributed by atoms with van der Waals surface area (Å²) in [4.78, 5) is 122. The molecule has 4 fully saturated rings. The van der Waals surface area contributed by atoms with Crippen molar-refractivity contribution < 1.29 is 86.4 Å². The van der Waals surface area contributed by atoms with E-state index in [-0.39, 0.29) is 61.7 Å². The number of aliphatic hydroxyl groups is 2. The molecule has 560 valence electrons. The van der Waals surface area contributed by atoms with Crippen LogP contribution in [0.5, 0.6) is 0 Å². The normalized spacial score (nSPS) is 31.0. The number of nitrogens with zero attached hydrogens (tertiary/aromatic N) is 7. The Hall–Kier alpha value is -6.95. The number of aliphatic hydroxyl groups excluding tert-OH is 1. The van der Waals surface area contributed by atoms with E-state index >= 15 is 0 Å². The number of ketones is 3. The number of hydrogen-bond donors (Lipinski definition) is 4. The lowest BCUT2D eigenvalue weighted by atomic mass is 9.78. The van der Waals surface area contributed by atoms with Crippen molar-refractivity contribution in [2.24, 2.45) is 35.5 Å². The number of alkyl carbamates (subject to hydrolysis) is 1. The van der Waals surface area contributed by atoms with Gasteiger partial charge < -0.3 is 78.2 Å². The third kappa shape index (κ3) is 23.8. The highest BCUT2D eigenvalue weighted by molar-refractivity contribution is 6.39. The van der Waals surface area contributed by atoms with Crippen LogP contribution in [-0.4, -0.2) is 231 Å². The Morgan fingerprint density at radius 2 is 1.40 bits per heavy atom. The Labute approximate surface area is 595 Å². The summed E-state index contributed by atoms with van der Waals surface area (Å²) < 4.78 is 52.2. The molecule has 0 unspecified atom stereocenters. The van der Waals surface area contributed by atoms with Gasteiger partial charge in [-0.3, -0.25) is 24.0 Å². The number of piperazine rings is 1. The number of allylic oxidation sites excluding steroid dienone is 6. The highest BCUT2D eigenvalue weighted by Gasteiger charge is 2.53. The number of nitrogens with one attached hydrogen (secondary N) is 2. The lowest BCUT2D eigenvalue weighted by molar-refractivity contribution is -0.265. The maximum absolute atomic E-state index is 14.8. The molecule has 4 N–H and O–H groups in total. The third-order valence-electron chi connectivity index (χ3n) is 20.1. The predicted molar refractivity (Wildman–Crippen MR) is 375 cm³/mol. The number of hydrogen-bond acceptors (Lipinski definition) is 24. The molecule has 101 heavy (non-hydrogen) atoms. The van der Waals surface area contributed by atoms with Crippen molar-refractivity contribution in [3.8, 4) is 0 Å². The number of esters is 1. The minimum Gasteiger partial charge on any atom is -0.460 e. The van der Waals surface area contributed by atoms with E-state index in [1.165, 1.54) is 24.4 Å². The maximum atomic E-state index is 14.8. The first-order valence-corrected chi connectivity index (χ1v) is 36.1. The van der Waals surface area contributed by atoms with E-state index in [4.69, 9.17) is 42.6 Å². The molecular weight excluding hydrogens is 1300 g/mol. The number of Topliss-reactive ketones (excluding diaryl/α,β-unsaturated/α-hetero) is 3. The van der Waals surface area contributed by atoms with Gasteiger partial charge in [0.1, 0.15) is 36.2 Å². The number of piperidine rings is 1. The van der Waals surface area contributed by atoms with E-state index < -0.39 is 102 Å². The van der Waals surface area contributed by atoms with Crippen LogP contribution < -0.4 is 20.4 Å². The lowest BCUT2D eigenvalue weighted by Crippen LogP contribution is -2.61. The third-order valence-corrected chi connectivity index (χ3v) is 20.1. The molecule has 7 rings (SSSR count). The summed E-state index contributed by atoms with van der Waals surface area (Å²) in [6.07, 6.45) is 15.6. The summed E-state index contributed by atoms with van der Waals surface area (Å²) >= 11 is 0. The van der Waals surface area contributed by atoms with Crippen LogP contribution in [0, 0.1) is 35.5 Å². The lowest BCUT2D eigenvalue weighted by Gasteiger charge is -2.42. The van der Waals surface area contributed by atoms with Crippen LogP contribution in [0.2, 0.25) is 0 Å². The smallest absolute Gasteiger partial charge is 0.407 e. The molecule has 4 aliphatic heterocycles. The van der Waals surface area contributed by atoms with Crippen molar-refractivity contribution >= 4 is 53.1 Å². The van der Waals surface area contributed by atoms with E-state index in [2.05, 4.69) is 30.6 Å². The van der Waals surface area contributed by atoms with Gasteiger partial charge in [-0.1, -0.05) is 71.1 Å². The van der Waals surface area contributed by atoms with Crippen molar-refractivity contribution in [3.63, 3.8) is 0 Å². The summed E-state index contributed by atoms with van der Waals surface area (Å²) in [6, 6.07) is -1.21. The fourth-order valence-electron chi connectivity index (χ4n) is 13.8. The number of anilines is 2. The molecule has 15 atom stereocenters. The first kappa shape index (κ1) is 81.3. The van der Waals surface area contributed by atoms with Crippen LogP contribution in [0.4, 0.5) is 16.7 Å². The Morgan fingerprint density at radius 1 is 0.733 bits per heavy atom. The zero-order chi connectivity index (χ0) is 73.2. The fourth-order valence-corrected chi connectivity index (χ4v) is 13.8. The molecule has 1 aliphatic carbocycles. The van der Waals surface area contributed by atoms with Crippen molar-refractivity contribution in [1.29, 1.82) is 0 Å². The molecule has 2 aromatic rings. The Kier molecular flexibility index (Phi) is 32.8. The van der Waals surface area contributed by atoms with Gasteiger partial charge in [0.15, 0.2) is 5.78 Å². The molecule has 6 heterocycles. The highest BCUT2D eigenvalue weighted by atomic mass is 16.6. The van der Waals surface area contributed by atoms with E-state index in [0.717, 1.165) is 5.57 Å². The molecule has 0 aromatic carbocycles. The fraction of sp³-hybridized carbons (Fsp3) is 0.689. The second kappa shape index (κ2) is 40.8. The molecule has 2 aromatic heterocycles. The van der Waals surface area contributed by atoms with Gasteiger partial charge in [-0.05, 0) is 114 Å². The van der Waals surface area contributed by atoms with Crippen molar-refractivity contribution in [1.82, 2.24) is 35.5 Å². The number of fused-ring (bicyclic) bond motifs is 3. The summed E-state index contributed by atoms with van der Waals surface area (Å²) in [5.74, 6) is -7.93. The standard InChI is InChI=1S/C74H111N9O18/c1-12-96-32-33-98-35-34-97-31-25-75-68(88)56-45-78-72(79-46-56)82-29-27-81(28-30-82)71-76-42-55(43-77-71)44-80-73(91)100-60-24-22-54(39-63(60)94-10)38-50(5)62-41-59(84)49(4)37-52(7)65(86)66(95-11)64(85)51(6)36-47(2)18-14-13-15-19-48(3)61(93-9)40-57-23-21-53(8)74(92,101-57)67(87)69(89)83-26-17-16-20-58(83)70(90)99-62/h13-15,18-19,37,42-43,45-47,49-51,53-54,57-58,60-63,65-66,86,92H,12,16-17,20-36,38-41,44H2,1-11H3,(H,75,88)(H,80,91)/b15-13+,18-14+,48-19+,52-37+/t47-,49-,50-,51-,53-,54+,57+,58+,60-,61+,62+,63-,65-,66+,74-/m1/s1. The highest BCUT2D eigenvalue weighted by Crippen LogP contribution is 2.38. The van der Waals surface area contributed by atoms with E-state index in [1.54, 1.807) is 60.4 Å². The van der Waals surface area contributed by atoms with Crippen molar-refractivity contribution in [2.45, 2.75) is 194 Å². The van der Waals surface area contributed by atoms with Gasteiger partial charge in [-0.2, -0.15) is 0 Å². The summed E-state index contributed by atoms with van der Waals surface area (Å²) in [6.45, 7) is 20.2. The molecule has 0 spiro atoms. The number of cyclic esters (lactones) is 1. The van der Waals surface area contributed by atoms with Crippen LogP contribution in [-0.2, 0) is 73.1 Å². The van der Waals surface area contributed by atoms with Gasteiger partial charge >= 0.3 is 12.1 Å². The second-order valence-corrected chi connectivity index (χ2v) is 27.6. The van der Waals surface area contributed by atoms with E-state index in [9.17, 15) is 43.8 Å². The number of ether oxygens (including phenoxy) is 9. The number of methoxy groups -OCH3 is 3. The summed E-state index contributed by atoms with van der Waals surface area (Å²) in [5.41, 5.74) is 2.20. The average Bonchev–Trinajstić information content (AvgIpc) is 0.778. The van der Waals surface area contributed by atoms with Crippen LogP contribution in [0.25, 0.3) is 0 Å². The molecule has 1 saturated carbocycles. The Morgan fingerprint density at radius 3 is 2.05 bits per heavy atom. The molecule has 0 radical (unpaired) electrons. The van der Waals surface area contributed by atoms with Crippen LogP contribution in [0.1, 0.15) is 148 Å². The maximum Gasteiger partial charge on any atom is 0.407 e. The summed E-state index contributed by atoms with van der Waals surface area (Å²) in [5, 5.41) is 29.4. The molecular formula is C74H111N9O18. The molecule has 2 bridgehead atoms. The molecule has 3 saturated heterocycles. The first-order chi connectivity index (χ1) is 48.5. The van der Waals surface area contributed by atoms with E-state index in [1.807, 2.05) is 67.9 Å². The molecule has 3 amide bonds. The minimum absolute atomic E-state index is 0.0171. The zero-order valence-electron chi connectivity index (χ0n) is 61.1. The summed E-state index contributed by atoms with van der Waals surface area (Å²) in [7, 11) is 4.49. The quantitative estimate of drug-likeness (QED) is 0.0406. The molecule has 5 aliphatic rings. The number of rotatable bonds is 22. The topological polar surface area (TPSA) is 328 Å². The SMILES string of the molecule is CCOCCOCCOCCNC(=O)c1cnc(N2CCN(c3ncc(CNC(=O)O[C@@H]4CC[C@@H](C[C@@H](C)[C@@H]5CC(=O)[C@H](C)/C=C(\C)[C@@H](O)[C@@H](OC)C(=O)[C@H](C)C[C@H](C)/C=C/C=C/C=C(\C)[C@@H](OC)C[C@@H]6CC[C@@H](C)[C@@](O)(O6)C(=O)C(=O)N6CCCC[C@H]6C(=O)O5)C[C@H]4OC)cn3)CC2)nc1. The number of aromatic nitrogens is 4. The predicted octanol–water partition coefficient (Wildman–Crippen LogP) is 6.82. The van der Waals surface area contributed by atoms with Gasteiger partial charge in [0.25, 0.3) is 17.6 Å². The number of carbonyl (C=O) groups excluding carboxylic acids is 7. The van der Waals surface area contributed by atoms with Gasteiger partial charge in [0.05, 0.1) is 56.9 Å². The minimum atomic E-state index is -2.48. The Bertz CT molecular complexity index is 3130. The van der Waals surface area contributed by atoms with Crippen molar-refractivity contribution in [2.75, 3.05) is 110 Å². The van der Waals surface area contributed by atoms with Gasteiger partial charge in [-0.25, -0.2) is 29.5 Å². The van der Waals surface area contributed by atoms with Crippen LogP contribution in [0.15, 0.2) is 72.4 Å². The number of amides is 3. The van der Waals surface area contributed by atoms with Gasteiger partial charge in [0.2, 0.25) is 17.7 Å². The zero-order valence-corrected chi connectivity index (χ0v) is 61.1. The van der Waals surface area contributed by atoms with Crippen molar-refractivity contribution in [3.05, 3.63) is 83.5 Å². The molecule has 27 heteroatoms. The monoisotopic (exact) mass is 1410 g/mol. The van der Waals surface area contributed by atoms with Crippen LogP contribution >= 0.6 is 0 Å². The largest absolute Gasteiger partial charge is 0.460 e.